The SMILES string of the molecule is CCn1c(-c2cccnc2C2(OC)C3[Si][C@@H]32)c2c3cc(ccc31)-c1csc(n1)C[C@H](C(C=[Si])NC(=O)C1(F)CCNCC1)C(=O)N1CCC[C@H](N1)C(=O)OCC(C)(C)C2. The number of nitrogens with one attached hydrogen (secondary N) is 3. The Labute approximate surface area is 353 Å². The van der Waals surface area contributed by atoms with Gasteiger partial charge in [-0.25, -0.2) is 14.8 Å². The molecule has 308 valence electrons. The number of fused-ring (bicyclic) bond motifs is 7. The van der Waals surface area contributed by atoms with Crippen molar-refractivity contribution in [2.45, 2.75) is 100 Å². The number of thiazole rings is 1. The molecule has 16 heteroatoms. The highest BCUT2D eigenvalue weighted by Crippen LogP contribution is 2.82. The maximum absolute atomic E-state index is 15.9. The molecule has 12 nitrogen and oxygen atoms in total. The van der Waals surface area contributed by atoms with Crippen molar-refractivity contribution < 1.29 is 28.2 Å². The van der Waals surface area contributed by atoms with Gasteiger partial charge in [0, 0.05) is 88.3 Å². The number of aromatic nitrogens is 3. The summed E-state index contributed by atoms with van der Waals surface area (Å²) in [4.78, 5) is 52.0. The number of benzene rings is 1. The van der Waals surface area contributed by atoms with Crippen LogP contribution < -0.4 is 16.1 Å². The summed E-state index contributed by atoms with van der Waals surface area (Å²) in [6.07, 6.45) is 3.82. The van der Waals surface area contributed by atoms with Gasteiger partial charge in [-0.2, -0.15) is 0 Å². The number of piperidine rings is 1. The van der Waals surface area contributed by atoms with E-state index in [9.17, 15) is 14.4 Å². The van der Waals surface area contributed by atoms with Crippen LogP contribution in [0, 0.1) is 11.3 Å². The molecule has 6 atom stereocenters. The van der Waals surface area contributed by atoms with Crippen molar-refractivity contribution in [3.05, 3.63) is 58.2 Å². The Morgan fingerprint density at radius 3 is 2.75 bits per heavy atom. The van der Waals surface area contributed by atoms with Crippen LogP contribution in [0.25, 0.3) is 33.4 Å². The first-order chi connectivity index (χ1) is 28.4. The maximum Gasteiger partial charge on any atom is 0.324 e. The first-order valence-corrected chi connectivity index (χ1v) is 23.3. The zero-order valence-corrected chi connectivity index (χ0v) is 36.7. The monoisotopic (exact) mass is 851 g/mol. The number of hydrogen-bond donors (Lipinski definition) is 3. The second kappa shape index (κ2) is 15.5. The fourth-order valence-corrected chi connectivity index (χ4v) is 12.3. The molecule has 0 spiro atoms. The van der Waals surface area contributed by atoms with Crippen LogP contribution in [0.4, 0.5) is 4.39 Å². The summed E-state index contributed by atoms with van der Waals surface area (Å²) in [5.41, 5.74) is 9.99. The second-order valence-corrected chi connectivity index (χ2v) is 20.3. The van der Waals surface area contributed by atoms with E-state index >= 15 is 4.39 Å². The number of alkyl halides is 1. The van der Waals surface area contributed by atoms with Gasteiger partial charge in [-0.15, -0.1) is 11.3 Å². The standard InChI is InChI=1S/C43H50FN7O5SSi2/c1-5-50-32-11-10-24-18-26(32)28(34(50)25-8-6-14-46-35(25)43(55-4)36-37(43)59-36)20-41(2,3)23-56-39(53)29-9-7-17-51(49-29)38(52)27(19-33-47-30(24)21-57-33)31(22-58)48-40(54)42(44)12-15-45-16-13-42/h6,8,10-11,14,18,21-22,27,29,31,36-37,45,49H,5,7,9,12-13,15-17,19-20,23H2,1-4H3,(H,48,54)/t27-,29+,31?,36+,37?,43?/m1/s1. The van der Waals surface area contributed by atoms with E-state index < -0.39 is 41.0 Å². The molecule has 4 aromatic rings. The minimum atomic E-state index is -2.05. The number of carbonyl (C=O) groups excluding carboxylic acids is 3. The van der Waals surface area contributed by atoms with Crippen LogP contribution in [0.2, 0.25) is 11.1 Å². The van der Waals surface area contributed by atoms with Crippen molar-refractivity contribution in [1.82, 2.24) is 35.6 Å². The quantitative estimate of drug-likeness (QED) is 0.175. The molecule has 1 saturated carbocycles. The summed E-state index contributed by atoms with van der Waals surface area (Å²) in [6, 6.07) is 9.03. The molecule has 59 heavy (non-hydrogen) atoms. The lowest BCUT2D eigenvalue weighted by molar-refractivity contribution is -0.155. The van der Waals surface area contributed by atoms with Crippen molar-refractivity contribution in [2.24, 2.45) is 11.3 Å². The predicted octanol–water partition coefficient (Wildman–Crippen LogP) is 4.32. The molecule has 3 N–H and O–H groups in total. The first-order valence-electron chi connectivity index (χ1n) is 20.7. The van der Waals surface area contributed by atoms with Gasteiger partial charge in [0.25, 0.3) is 5.91 Å². The molecule has 7 heterocycles. The van der Waals surface area contributed by atoms with E-state index in [-0.39, 0.29) is 37.4 Å². The maximum atomic E-state index is 15.9. The van der Waals surface area contributed by atoms with Crippen LogP contribution in [0.5, 0.6) is 0 Å². The zero-order valence-electron chi connectivity index (χ0n) is 33.9. The lowest BCUT2D eigenvalue weighted by atomic mass is 9.84. The molecule has 4 radical (unpaired) electrons. The summed E-state index contributed by atoms with van der Waals surface area (Å²) < 4.78 is 30.7. The largest absolute Gasteiger partial charge is 0.464 e. The predicted molar refractivity (Wildman–Crippen MR) is 227 cm³/mol. The normalized spacial score (nSPS) is 27.9. The van der Waals surface area contributed by atoms with E-state index in [0.717, 1.165) is 60.7 Å². The third-order valence-electron chi connectivity index (χ3n) is 12.9. The first kappa shape index (κ1) is 40.5. The number of nitrogens with zero attached hydrogens (tertiary/aromatic N) is 4. The number of ether oxygens (including phenoxy) is 2. The van der Waals surface area contributed by atoms with Gasteiger partial charge in [-0.05, 0) is 80.2 Å². The summed E-state index contributed by atoms with van der Waals surface area (Å²) in [7, 11) is 6.19. The summed E-state index contributed by atoms with van der Waals surface area (Å²) in [5, 5.41) is 11.2. The fourth-order valence-electron chi connectivity index (χ4n) is 9.50. The number of pyridine rings is 1. The highest BCUT2D eigenvalue weighted by molar-refractivity contribution is 7.10. The lowest BCUT2D eigenvalue weighted by Gasteiger charge is -2.37. The van der Waals surface area contributed by atoms with Gasteiger partial charge in [0.2, 0.25) is 5.91 Å². The highest BCUT2D eigenvalue weighted by atomic mass is 32.1. The van der Waals surface area contributed by atoms with Crippen LogP contribution in [0.15, 0.2) is 41.9 Å². The van der Waals surface area contributed by atoms with E-state index in [4.69, 9.17) is 19.4 Å². The van der Waals surface area contributed by atoms with Gasteiger partial charge in [0.15, 0.2) is 5.67 Å². The average molecular weight is 852 g/mol. The minimum absolute atomic E-state index is 0.0454. The molecular formula is C43H50FN7O5SSi2. The minimum Gasteiger partial charge on any atom is -0.464 e. The number of halogens is 1. The van der Waals surface area contributed by atoms with Crippen LogP contribution in [0.3, 0.4) is 0 Å². The van der Waals surface area contributed by atoms with Crippen LogP contribution in [0.1, 0.15) is 62.7 Å². The van der Waals surface area contributed by atoms with E-state index in [2.05, 4.69) is 75.5 Å². The molecule has 1 aliphatic carbocycles. The number of cyclic esters (lactones) is 1. The fraction of sp³-hybridized carbons (Fsp3) is 0.535. The Morgan fingerprint density at radius 1 is 1.24 bits per heavy atom. The molecule has 2 amide bonds. The molecule has 3 saturated heterocycles. The van der Waals surface area contributed by atoms with Gasteiger partial charge < -0.3 is 24.7 Å². The molecule has 6 bridgehead atoms. The molecular weight excluding hydrogens is 802 g/mol. The topological polar surface area (TPSA) is 140 Å². The van der Waals surface area contributed by atoms with Crippen molar-refractivity contribution in [3.8, 4) is 22.5 Å². The Hall–Kier alpha value is -3.94. The van der Waals surface area contributed by atoms with Gasteiger partial charge in [-0.3, -0.25) is 24.4 Å². The summed E-state index contributed by atoms with van der Waals surface area (Å²) >= 11 is 1.45. The summed E-state index contributed by atoms with van der Waals surface area (Å²) in [5.74, 6) is -2.36. The van der Waals surface area contributed by atoms with E-state index in [1.54, 1.807) is 12.8 Å². The van der Waals surface area contributed by atoms with E-state index in [0.29, 0.717) is 55.0 Å². The van der Waals surface area contributed by atoms with Crippen molar-refractivity contribution in [1.29, 1.82) is 0 Å². The average Bonchev–Trinajstić information content (AvgIpc) is 4.08. The molecule has 4 fully saturated rings. The zero-order chi connectivity index (χ0) is 41.3. The number of carbonyl (C=O) groups is 3. The van der Waals surface area contributed by atoms with Gasteiger partial charge in [-0.1, -0.05) is 25.6 Å². The number of hydrogen-bond acceptors (Lipinski definition) is 10. The number of rotatable bonds is 8. The molecule has 3 unspecified atom stereocenters. The summed E-state index contributed by atoms with van der Waals surface area (Å²) in [6.45, 7) is 8.44. The molecule has 3 aromatic heterocycles. The molecule has 5 aliphatic rings. The number of esters is 1. The van der Waals surface area contributed by atoms with E-state index in [1.807, 2.05) is 17.6 Å². The van der Waals surface area contributed by atoms with E-state index in [1.165, 1.54) is 16.3 Å². The lowest BCUT2D eigenvalue weighted by Crippen LogP contribution is -2.61. The molecule has 1 aromatic carbocycles. The second-order valence-electron chi connectivity index (χ2n) is 17.4. The smallest absolute Gasteiger partial charge is 0.324 e. The van der Waals surface area contributed by atoms with Crippen LogP contribution >= 0.6 is 11.3 Å². The van der Waals surface area contributed by atoms with Crippen molar-refractivity contribution >= 4 is 65.1 Å². The van der Waals surface area contributed by atoms with Crippen molar-refractivity contribution in [2.75, 3.05) is 33.4 Å². The van der Waals surface area contributed by atoms with Gasteiger partial charge in [0.1, 0.15) is 11.6 Å². The van der Waals surface area contributed by atoms with Crippen LogP contribution in [-0.2, 0) is 48.8 Å². The number of amides is 2. The van der Waals surface area contributed by atoms with Gasteiger partial charge >= 0.3 is 5.97 Å². The number of methoxy groups -OCH3 is 1. The Kier molecular flexibility index (Phi) is 10.6. The Balaban J connectivity index is 1.14. The highest BCUT2D eigenvalue weighted by Gasteiger charge is 2.80. The Morgan fingerprint density at radius 2 is 2.03 bits per heavy atom. The van der Waals surface area contributed by atoms with Crippen molar-refractivity contribution in [3.63, 3.8) is 0 Å². The van der Waals surface area contributed by atoms with Gasteiger partial charge in [0.05, 0.1) is 50.2 Å². The number of hydrazine groups is 1. The number of aryl methyl sites for hydroxylation is 1. The third-order valence-corrected chi connectivity index (χ3v) is 16.0. The molecule has 4 aliphatic heterocycles. The Bertz CT molecular complexity index is 2320. The molecule has 9 rings (SSSR count). The van der Waals surface area contributed by atoms with Crippen LogP contribution in [-0.4, -0.2) is 113 Å². The third kappa shape index (κ3) is 7.16.